The zero-order chi connectivity index (χ0) is 11.5. The van der Waals surface area contributed by atoms with E-state index in [2.05, 4.69) is 49.6 Å². The molecule has 0 spiro atoms. The molecule has 0 bridgehead atoms. The number of benzene rings is 1. The Bertz CT molecular complexity index is 456. The second-order valence-electron chi connectivity index (χ2n) is 4.08. The number of rotatable bonds is 3. The van der Waals surface area contributed by atoms with Gasteiger partial charge in [0.1, 0.15) is 0 Å². The van der Waals surface area contributed by atoms with E-state index in [9.17, 15) is 0 Å². The second-order valence-corrected chi connectivity index (χ2v) is 5.20. The minimum atomic E-state index is 0.165. The fourth-order valence-electron chi connectivity index (χ4n) is 1.75. The molecule has 84 valence electrons. The molecule has 2 heteroatoms. The molecule has 2 aromatic rings. The van der Waals surface area contributed by atoms with Gasteiger partial charge in [-0.05, 0) is 41.5 Å². The van der Waals surface area contributed by atoms with Crippen molar-refractivity contribution in [2.45, 2.75) is 26.3 Å². The van der Waals surface area contributed by atoms with Gasteiger partial charge in [-0.3, -0.25) is 0 Å². The predicted octanol–water partition coefficient (Wildman–Crippen LogP) is 4.13. The lowest BCUT2D eigenvalue weighted by Gasteiger charge is -2.09. The Balaban J connectivity index is 2.25. The molecule has 1 atom stereocenters. The molecule has 1 heterocycles. The fourth-order valence-corrected chi connectivity index (χ4v) is 2.47. The van der Waals surface area contributed by atoms with E-state index in [0.29, 0.717) is 0 Å². The maximum absolute atomic E-state index is 5.99. The van der Waals surface area contributed by atoms with Crippen molar-refractivity contribution in [3.63, 3.8) is 0 Å². The molecule has 2 rings (SSSR count). The van der Waals surface area contributed by atoms with E-state index in [1.165, 1.54) is 21.6 Å². The van der Waals surface area contributed by atoms with E-state index in [1.54, 1.807) is 11.3 Å². The lowest BCUT2D eigenvalue weighted by molar-refractivity contribution is 0.699. The third kappa shape index (κ3) is 2.34. The Morgan fingerprint density at radius 1 is 1.19 bits per heavy atom. The van der Waals surface area contributed by atoms with Gasteiger partial charge in [0.25, 0.3) is 0 Å². The van der Waals surface area contributed by atoms with Crippen molar-refractivity contribution >= 4 is 11.3 Å². The summed E-state index contributed by atoms with van der Waals surface area (Å²) in [5.74, 6) is 0. The van der Waals surface area contributed by atoms with Crippen LogP contribution in [0.25, 0.3) is 11.1 Å². The van der Waals surface area contributed by atoms with Gasteiger partial charge < -0.3 is 5.73 Å². The fraction of sp³-hybridized carbons (Fsp3) is 0.286. The summed E-state index contributed by atoms with van der Waals surface area (Å²) in [7, 11) is 0. The van der Waals surface area contributed by atoms with E-state index in [-0.39, 0.29) is 6.04 Å². The normalized spacial score (nSPS) is 12.7. The molecule has 0 aliphatic carbocycles. The highest BCUT2D eigenvalue weighted by Gasteiger charge is 2.04. The summed E-state index contributed by atoms with van der Waals surface area (Å²) >= 11 is 1.79. The first kappa shape index (κ1) is 11.4. The highest BCUT2D eigenvalue weighted by Crippen LogP contribution is 2.26. The Morgan fingerprint density at radius 2 is 1.88 bits per heavy atom. The average molecular weight is 231 g/mol. The Morgan fingerprint density at radius 3 is 2.38 bits per heavy atom. The molecule has 1 nitrogen and oxygen atoms in total. The van der Waals surface area contributed by atoms with Crippen LogP contribution < -0.4 is 5.73 Å². The van der Waals surface area contributed by atoms with Crippen LogP contribution in [-0.2, 0) is 0 Å². The van der Waals surface area contributed by atoms with Gasteiger partial charge in [0.2, 0.25) is 0 Å². The van der Waals surface area contributed by atoms with E-state index >= 15 is 0 Å². The third-order valence-electron chi connectivity index (χ3n) is 2.84. The molecule has 1 aromatic carbocycles. The van der Waals surface area contributed by atoms with Crippen LogP contribution in [0.5, 0.6) is 0 Å². The molecule has 2 N–H and O–H groups in total. The molecular weight excluding hydrogens is 214 g/mol. The number of aryl methyl sites for hydroxylation is 1. The number of hydrogen-bond acceptors (Lipinski definition) is 2. The van der Waals surface area contributed by atoms with Crippen molar-refractivity contribution in [3.8, 4) is 11.1 Å². The average Bonchev–Trinajstić information content (AvgIpc) is 2.75. The third-order valence-corrected chi connectivity index (χ3v) is 3.70. The van der Waals surface area contributed by atoms with Gasteiger partial charge in [0, 0.05) is 10.9 Å². The van der Waals surface area contributed by atoms with Crippen molar-refractivity contribution in [1.82, 2.24) is 0 Å². The summed E-state index contributed by atoms with van der Waals surface area (Å²) in [6.07, 6.45) is 0.983. The first-order valence-corrected chi connectivity index (χ1v) is 6.49. The zero-order valence-corrected chi connectivity index (χ0v) is 10.6. The summed E-state index contributed by atoms with van der Waals surface area (Å²) in [6, 6.07) is 11.0. The van der Waals surface area contributed by atoms with Crippen molar-refractivity contribution in [1.29, 1.82) is 0 Å². The lowest BCUT2D eigenvalue weighted by atomic mass is 10.0. The topological polar surface area (TPSA) is 26.0 Å². The molecule has 1 unspecified atom stereocenters. The van der Waals surface area contributed by atoms with Crippen LogP contribution in [-0.4, -0.2) is 0 Å². The summed E-state index contributed by atoms with van der Waals surface area (Å²) in [6.45, 7) is 4.25. The molecule has 0 aliphatic rings. The monoisotopic (exact) mass is 231 g/mol. The molecular formula is C14H17NS. The van der Waals surface area contributed by atoms with Gasteiger partial charge in [-0.1, -0.05) is 31.2 Å². The largest absolute Gasteiger partial charge is 0.324 e. The van der Waals surface area contributed by atoms with Crippen molar-refractivity contribution in [3.05, 3.63) is 46.2 Å². The minimum Gasteiger partial charge on any atom is -0.324 e. The molecule has 0 fully saturated rings. The maximum Gasteiger partial charge on any atom is 0.0292 e. The van der Waals surface area contributed by atoms with Crippen LogP contribution in [0.3, 0.4) is 0 Å². The molecule has 0 saturated carbocycles. The van der Waals surface area contributed by atoms with Crippen LogP contribution in [0.4, 0.5) is 0 Å². The lowest BCUT2D eigenvalue weighted by Crippen LogP contribution is -2.07. The molecule has 1 aromatic heterocycles. The van der Waals surface area contributed by atoms with E-state index in [4.69, 9.17) is 5.73 Å². The molecule has 0 amide bonds. The quantitative estimate of drug-likeness (QED) is 0.844. The molecule has 0 saturated heterocycles. The Hall–Kier alpha value is -1.12. The van der Waals surface area contributed by atoms with Gasteiger partial charge in [-0.15, -0.1) is 11.3 Å². The summed E-state index contributed by atoms with van der Waals surface area (Å²) < 4.78 is 0. The van der Waals surface area contributed by atoms with Gasteiger partial charge in [-0.25, -0.2) is 0 Å². The highest BCUT2D eigenvalue weighted by atomic mass is 32.1. The number of nitrogens with two attached hydrogens (primary N) is 1. The van der Waals surface area contributed by atoms with Crippen LogP contribution >= 0.6 is 11.3 Å². The van der Waals surface area contributed by atoms with Crippen LogP contribution in [0.1, 0.15) is 29.8 Å². The zero-order valence-electron chi connectivity index (χ0n) is 9.73. The van der Waals surface area contributed by atoms with Crippen molar-refractivity contribution in [2.75, 3.05) is 0 Å². The maximum atomic E-state index is 5.99. The van der Waals surface area contributed by atoms with Gasteiger partial charge >= 0.3 is 0 Å². The summed E-state index contributed by atoms with van der Waals surface area (Å²) in [5, 5.41) is 2.20. The smallest absolute Gasteiger partial charge is 0.0292 e. The summed E-state index contributed by atoms with van der Waals surface area (Å²) in [5.41, 5.74) is 9.79. The standard InChI is InChI=1S/C14H17NS/c1-3-14(15)12-6-4-11(5-7-12)13-8-10(2)16-9-13/h4-9,14H,3,15H2,1-2H3. The first-order valence-electron chi connectivity index (χ1n) is 5.61. The molecule has 0 aliphatic heterocycles. The van der Waals surface area contributed by atoms with Crippen LogP contribution in [0.2, 0.25) is 0 Å². The van der Waals surface area contributed by atoms with Gasteiger partial charge in [0.05, 0.1) is 0 Å². The minimum absolute atomic E-state index is 0.165. The van der Waals surface area contributed by atoms with Gasteiger partial charge in [0.15, 0.2) is 0 Å². The number of thiophene rings is 1. The number of hydrogen-bond donors (Lipinski definition) is 1. The van der Waals surface area contributed by atoms with Crippen LogP contribution in [0, 0.1) is 6.92 Å². The van der Waals surface area contributed by atoms with E-state index in [1.807, 2.05) is 0 Å². The Labute approximate surface area is 101 Å². The first-order chi connectivity index (χ1) is 7.70. The van der Waals surface area contributed by atoms with Crippen LogP contribution in [0.15, 0.2) is 35.7 Å². The SMILES string of the molecule is CCC(N)c1ccc(-c2csc(C)c2)cc1. The van der Waals surface area contributed by atoms with E-state index in [0.717, 1.165) is 6.42 Å². The Kier molecular flexibility index (Phi) is 3.42. The van der Waals surface area contributed by atoms with Crippen molar-refractivity contribution < 1.29 is 0 Å². The predicted molar refractivity (Wildman–Crippen MR) is 71.7 cm³/mol. The molecule has 16 heavy (non-hydrogen) atoms. The highest BCUT2D eigenvalue weighted by molar-refractivity contribution is 7.10. The molecule has 0 radical (unpaired) electrons. The van der Waals surface area contributed by atoms with Gasteiger partial charge in [-0.2, -0.15) is 0 Å². The summed E-state index contributed by atoms with van der Waals surface area (Å²) in [4.78, 5) is 1.35. The second kappa shape index (κ2) is 4.81. The van der Waals surface area contributed by atoms with Crippen molar-refractivity contribution in [2.24, 2.45) is 5.73 Å². The van der Waals surface area contributed by atoms with E-state index < -0.39 is 0 Å².